The van der Waals surface area contributed by atoms with Gasteiger partial charge >= 0.3 is 0 Å². The van der Waals surface area contributed by atoms with Gasteiger partial charge < -0.3 is 10.0 Å². The van der Waals surface area contributed by atoms with Crippen LogP contribution in [-0.2, 0) is 6.54 Å². The lowest BCUT2D eigenvalue weighted by molar-refractivity contribution is 0.216. The van der Waals surface area contributed by atoms with E-state index in [2.05, 4.69) is 35.1 Å². The molecule has 0 radical (unpaired) electrons. The predicted octanol–water partition coefficient (Wildman–Crippen LogP) is 1.27. The minimum atomic E-state index is 0.204. The van der Waals surface area contributed by atoms with Crippen molar-refractivity contribution in [1.82, 2.24) is 14.7 Å². The van der Waals surface area contributed by atoms with Crippen LogP contribution in [0.1, 0.15) is 5.56 Å². The number of hydrogen-bond donors (Lipinski definition) is 1. The van der Waals surface area contributed by atoms with Gasteiger partial charge in [0.15, 0.2) is 0 Å². The lowest BCUT2D eigenvalue weighted by Gasteiger charge is -2.15. The van der Waals surface area contributed by atoms with Crippen molar-refractivity contribution in [2.24, 2.45) is 0 Å². The summed E-state index contributed by atoms with van der Waals surface area (Å²) in [4.78, 5) is 2.10. The second-order valence-corrected chi connectivity index (χ2v) is 4.46. The summed E-state index contributed by atoms with van der Waals surface area (Å²) in [5.41, 5.74) is 2.44. The fourth-order valence-corrected chi connectivity index (χ4v) is 1.91. The first kappa shape index (κ1) is 12.1. The van der Waals surface area contributed by atoms with E-state index in [1.165, 1.54) is 16.5 Å². The Kier molecular flexibility index (Phi) is 3.76. The van der Waals surface area contributed by atoms with Crippen molar-refractivity contribution in [2.45, 2.75) is 13.5 Å². The Morgan fingerprint density at radius 1 is 1.35 bits per heavy atom. The van der Waals surface area contributed by atoms with E-state index in [0.29, 0.717) is 6.54 Å². The van der Waals surface area contributed by atoms with Crippen LogP contribution in [0.2, 0.25) is 0 Å². The minimum absolute atomic E-state index is 0.204. The SMILES string of the molecule is Cc1ccc2cnn(CCN(C)CCO)c2c1. The Morgan fingerprint density at radius 2 is 2.18 bits per heavy atom. The van der Waals surface area contributed by atoms with Crippen LogP contribution in [0, 0.1) is 6.92 Å². The molecule has 1 aromatic carbocycles. The van der Waals surface area contributed by atoms with E-state index < -0.39 is 0 Å². The number of nitrogens with zero attached hydrogens (tertiary/aromatic N) is 3. The predicted molar refractivity (Wildman–Crippen MR) is 69.1 cm³/mol. The second-order valence-electron chi connectivity index (χ2n) is 4.46. The van der Waals surface area contributed by atoms with Gasteiger partial charge in [-0.25, -0.2) is 0 Å². The highest BCUT2D eigenvalue weighted by atomic mass is 16.3. The van der Waals surface area contributed by atoms with Gasteiger partial charge in [0, 0.05) is 18.5 Å². The number of fused-ring (bicyclic) bond motifs is 1. The number of rotatable bonds is 5. The molecule has 2 rings (SSSR count). The van der Waals surface area contributed by atoms with Crippen LogP contribution >= 0.6 is 0 Å². The first-order chi connectivity index (χ1) is 8.20. The number of benzene rings is 1. The van der Waals surface area contributed by atoms with Crippen molar-refractivity contribution >= 4 is 10.9 Å². The van der Waals surface area contributed by atoms with Gasteiger partial charge in [0.2, 0.25) is 0 Å². The Bertz CT molecular complexity index is 492. The summed E-state index contributed by atoms with van der Waals surface area (Å²) in [6.45, 7) is 4.75. The zero-order valence-corrected chi connectivity index (χ0v) is 10.4. The largest absolute Gasteiger partial charge is 0.395 e. The van der Waals surface area contributed by atoms with E-state index in [0.717, 1.165) is 13.1 Å². The van der Waals surface area contributed by atoms with Crippen LogP contribution in [0.5, 0.6) is 0 Å². The van der Waals surface area contributed by atoms with Crippen molar-refractivity contribution in [3.63, 3.8) is 0 Å². The van der Waals surface area contributed by atoms with Crippen molar-refractivity contribution in [3.8, 4) is 0 Å². The molecule has 0 bridgehead atoms. The molecule has 0 aliphatic heterocycles. The quantitative estimate of drug-likeness (QED) is 0.845. The third-order valence-electron chi connectivity index (χ3n) is 2.98. The number of aliphatic hydroxyl groups is 1. The summed E-state index contributed by atoms with van der Waals surface area (Å²) in [5.74, 6) is 0. The summed E-state index contributed by atoms with van der Waals surface area (Å²) in [6.07, 6.45) is 1.90. The van der Waals surface area contributed by atoms with Gasteiger partial charge in [-0.1, -0.05) is 12.1 Å². The molecule has 0 saturated heterocycles. The van der Waals surface area contributed by atoms with E-state index in [-0.39, 0.29) is 6.61 Å². The fourth-order valence-electron chi connectivity index (χ4n) is 1.91. The zero-order chi connectivity index (χ0) is 12.3. The molecule has 0 aliphatic rings. The van der Waals surface area contributed by atoms with Crippen LogP contribution in [-0.4, -0.2) is 46.5 Å². The van der Waals surface area contributed by atoms with Crippen molar-refractivity contribution in [2.75, 3.05) is 26.7 Å². The molecule has 0 unspecified atom stereocenters. The molecule has 1 heterocycles. The maximum Gasteiger partial charge on any atom is 0.0685 e. The lowest BCUT2D eigenvalue weighted by atomic mass is 10.2. The Labute approximate surface area is 101 Å². The molecule has 17 heavy (non-hydrogen) atoms. The van der Waals surface area contributed by atoms with Crippen LogP contribution in [0.4, 0.5) is 0 Å². The van der Waals surface area contributed by atoms with Crippen LogP contribution in [0.15, 0.2) is 24.4 Å². The zero-order valence-electron chi connectivity index (χ0n) is 10.4. The van der Waals surface area contributed by atoms with Crippen molar-refractivity contribution in [1.29, 1.82) is 0 Å². The first-order valence-electron chi connectivity index (χ1n) is 5.92. The third kappa shape index (κ3) is 2.84. The normalized spacial score (nSPS) is 11.5. The maximum absolute atomic E-state index is 8.84. The van der Waals surface area contributed by atoms with Gasteiger partial charge in [0.1, 0.15) is 0 Å². The number of hydrogen-bond acceptors (Lipinski definition) is 3. The van der Waals surface area contributed by atoms with Gasteiger partial charge in [-0.2, -0.15) is 5.10 Å². The fraction of sp³-hybridized carbons (Fsp3) is 0.462. The van der Waals surface area contributed by atoms with Crippen molar-refractivity contribution < 1.29 is 5.11 Å². The standard InChI is InChI=1S/C13H19N3O/c1-11-3-4-12-10-14-16(13(12)9-11)6-5-15(2)7-8-17/h3-4,9-10,17H,5-8H2,1-2H3. The average molecular weight is 233 g/mol. The number of aromatic nitrogens is 2. The van der Waals surface area contributed by atoms with Gasteiger partial charge in [0.25, 0.3) is 0 Å². The Morgan fingerprint density at radius 3 is 2.94 bits per heavy atom. The molecular formula is C13H19N3O. The highest BCUT2D eigenvalue weighted by molar-refractivity contribution is 5.79. The molecule has 4 nitrogen and oxygen atoms in total. The van der Waals surface area contributed by atoms with Crippen molar-refractivity contribution in [3.05, 3.63) is 30.0 Å². The topological polar surface area (TPSA) is 41.3 Å². The molecule has 0 spiro atoms. The minimum Gasteiger partial charge on any atom is -0.395 e. The Hall–Kier alpha value is -1.39. The van der Waals surface area contributed by atoms with Crippen LogP contribution in [0.3, 0.4) is 0 Å². The molecule has 0 atom stereocenters. The molecule has 4 heteroatoms. The Balaban J connectivity index is 2.10. The summed E-state index contributed by atoms with van der Waals surface area (Å²) in [7, 11) is 2.01. The lowest BCUT2D eigenvalue weighted by Crippen LogP contribution is -2.26. The summed E-state index contributed by atoms with van der Waals surface area (Å²) in [6, 6.07) is 6.37. The number of likely N-dealkylation sites (N-methyl/N-ethyl adjacent to an activating group) is 1. The first-order valence-corrected chi connectivity index (χ1v) is 5.92. The summed E-state index contributed by atoms with van der Waals surface area (Å²) in [5, 5.41) is 14.4. The van der Waals surface area contributed by atoms with Gasteiger partial charge in [-0.15, -0.1) is 0 Å². The molecule has 2 aromatic rings. The molecule has 0 aliphatic carbocycles. The summed E-state index contributed by atoms with van der Waals surface area (Å²) < 4.78 is 2.02. The van der Waals surface area contributed by atoms with E-state index in [9.17, 15) is 0 Å². The van der Waals surface area contributed by atoms with Gasteiger partial charge in [-0.05, 0) is 25.6 Å². The van der Waals surface area contributed by atoms with Crippen LogP contribution < -0.4 is 0 Å². The molecule has 1 aromatic heterocycles. The molecule has 1 N–H and O–H groups in total. The van der Waals surface area contributed by atoms with E-state index in [4.69, 9.17) is 5.11 Å². The van der Waals surface area contributed by atoms with Gasteiger partial charge in [-0.3, -0.25) is 4.68 Å². The number of aliphatic hydroxyl groups excluding tert-OH is 1. The highest BCUT2D eigenvalue weighted by Crippen LogP contribution is 2.15. The maximum atomic E-state index is 8.84. The second kappa shape index (κ2) is 5.29. The molecular weight excluding hydrogens is 214 g/mol. The highest BCUT2D eigenvalue weighted by Gasteiger charge is 2.04. The number of aryl methyl sites for hydroxylation is 1. The molecule has 0 amide bonds. The van der Waals surface area contributed by atoms with E-state index >= 15 is 0 Å². The molecule has 0 saturated carbocycles. The van der Waals surface area contributed by atoms with Crippen LogP contribution in [0.25, 0.3) is 10.9 Å². The van der Waals surface area contributed by atoms with Gasteiger partial charge in [0.05, 0.1) is 24.9 Å². The summed E-state index contributed by atoms with van der Waals surface area (Å²) >= 11 is 0. The molecule has 92 valence electrons. The van der Waals surface area contributed by atoms with E-state index in [1.54, 1.807) is 0 Å². The smallest absolute Gasteiger partial charge is 0.0685 e. The molecule has 0 fully saturated rings. The third-order valence-corrected chi connectivity index (χ3v) is 2.98. The average Bonchev–Trinajstić information content (AvgIpc) is 2.69. The monoisotopic (exact) mass is 233 g/mol. The van der Waals surface area contributed by atoms with E-state index in [1.807, 2.05) is 17.9 Å².